The minimum Gasteiger partial charge on any atom is -0.348 e. The zero-order chi connectivity index (χ0) is 21.6. The fourth-order valence-corrected chi connectivity index (χ4v) is 3.91. The van der Waals surface area contributed by atoms with Crippen LogP contribution in [0.5, 0.6) is 0 Å². The van der Waals surface area contributed by atoms with Crippen molar-refractivity contribution in [2.24, 2.45) is 0 Å². The monoisotopic (exact) mass is 430 g/mol. The van der Waals surface area contributed by atoms with E-state index in [2.05, 4.69) is 16.0 Å². The first-order valence-electron chi connectivity index (χ1n) is 9.66. The van der Waals surface area contributed by atoms with Crippen LogP contribution >= 0.6 is 11.3 Å². The number of anilines is 1. The Morgan fingerprint density at radius 1 is 0.806 bits per heavy atom. The van der Waals surface area contributed by atoms with Crippen LogP contribution in [0.25, 0.3) is 11.1 Å². The van der Waals surface area contributed by atoms with E-state index in [1.165, 1.54) is 24.3 Å². The molecule has 0 aliphatic rings. The van der Waals surface area contributed by atoms with Crippen LogP contribution in [-0.4, -0.2) is 11.8 Å². The molecule has 0 saturated carbocycles. The number of thiophene rings is 1. The van der Waals surface area contributed by atoms with Crippen LogP contribution in [0.2, 0.25) is 0 Å². The third-order valence-electron chi connectivity index (χ3n) is 4.81. The number of halogens is 1. The number of nitrogens with one attached hydrogen (secondary N) is 2. The molecule has 2 N–H and O–H groups in total. The molecule has 4 nitrogen and oxygen atoms in total. The van der Waals surface area contributed by atoms with Crippen molar-refractivity contribution in [1.29, 1.82) is 0 Å². The van der Waals surface area contributed by atoms with Gasteiger partial charge in [0.15, 0.2) is 0 Å². The average Bonchev–Trinajstić information content (AvgIpc) is 3.34. The van der Waals surface area contributed by atoms with Gasteiger partial charge in [0.25, 0.3) is 11.8 Å². The van der Waals surface area contributed by atoms with E-state index in [0.29, 0.717) is 12.2 Å². The second kappa shape index (κ2) is 9.36. The van der Waals surface area contributed by atoms with Gasteiger partial charge < -0.3 is 10.6 Å². The minimum absolute atomic E-state index is 0.246. The second-order valence-corrected chi connectivity index (χ2v) is 7.64. The summed E-state index contributed by atoms with van der Waals surface area (Å²) in [5.41, 5.74) is 4.12. The molecule has 4 rings (SSSR count). The Balaban J connectivity index is 1.50. The van der Waals surface area contributed by atoms with E-state index >= 15 is 0 Å². The summed E-state index contributed by atoms with van der Waals surface area (Å²) in [5.74, 6) is -1.17. The molecule has 0 spiro atoms. The summed E-state index contributed by atoms with van der Waals surface area (Å²) in [6, 6.07) is 22.0. The van der Waals surface area contributed by atoms with Crippen LogP contribution in [0, 0.1) is 5.82 Å². The van der Waals surface area contributed by atoms with Gasteiger partial charge >= 0.3 is 0 Å². The molecule has 1 heterocycles. The highest BCUT2D eigenvalue weighted by molar-refractivity contribution is 7.08. The van der Waals surface area contributed by atoms with Crippen LogP contribution in [0.4, 0.5) is 10.1 Å². The molecule has 0 bridgehead atoms. The Kier molecular flexibility index (Phi) is 6.19. The highest BCUT2D eigenvalue weighted by atomic mass is 32.1. The predicted molar refractivity (Wildman–Crippen MR) is 122 cm³/mol. The maximum absolute atomic E-state index is 13.1. The molecule has 0 aliphatic heterocycles. The third kappa shape index (κ3) is 4.87. The van der Waals surface area contributed by atoms with Gasteiger partial charge in [0, 0.05) is 12.2 Å². The van der Waals surface area contributed by atoms with Crippen molar-refractivity contribution < 1.29 is 14.0 Å². The molecule has 2 amide bonds. The lowest BCUT2D eigenvalue weighted by Gasteiger charge is -2.12. The highest BCUT2D eigenvalue weighted by Gasteiger charge is 2.17. The summed E-state index contributed by atoms with van der Waals surface area (Å²) in [6.45, 7) is 0.332. The van der Waals surface area contributed by atoms with Gasteiger partial charge in [-0.3, -0.25) is 9.59 Å². The fraction of sp³-hybridized carbons (Fsp3) is 0.0400. The van der Waals surface area contributed by atoms with Crippen LogP contribution in [-0.2, 0) is 6.54 Å². The first-order valence-corrected chi connectivity index (χ1v) is 10.6. The number of rotatable bonds is 6. The molecule has 31 heavy (non-hydrogen) atoms. The van der Waals surface area contributed by atoms with Gasteiger partial charge in [0.1, 0.15) is 5.82 Å². The topological polar surface area (TPSA) is 58.2 Å². The number of carbonyl (C=O) groups is 2. The van der Waals surface area contributed by atoms with E-state index in [9.17, 15) is 14.0 Å². The van der Waals surface area contributed by atoms with Crippen LogP contribution in [0.15, 0.2) is 89.6 Å². The van der Waals surface area contributed by atoms with Gasteiger partial charge in [0.05, 0.1) is 11.1 Å². The Labute approximate surface area is 183 Å². The molecule has 154 valence electrons. The Morgan fingerprint density at radius 3 is 2.19 bits per heavy atom. The lowest BCUT2D eigenvalue weighted by atomic mass is 10.0. The lowest BCUT2D eigenvalue weighted by molar-refractivity contribution is 0.0938. The molecule has 1 aromatic heterocycles. The van der Waals surface area contributed by atoms with Gasteiger partial charge in [-0.2, -0.15) is 11.3 Å². The summed E-state index contributed by atoms with van der Waals surface area (Å²) in [7, 11) is 0. The Morgan fingerprint density at radius 2 is 1.48 bits per heavy atom. The SMILES string of the molecule is O=C(NCc1ccccc1-c1ccsc1)c1ccccc1C(=O)Nc1ccc(F)cc1. The molecule has 4 aromatic rings. The standard InChI is InChI=1S/C25H19FN2O2S/c26-19-9-11-20(12-10-19)28-25(30)23-8-4-3-7-22(23)24(29)27-15-17-5-1-2-6-21(17)18-13-14-31-16-18/h1-14,16H,15H2,(H,27,29)(H,28,30). The molecule has 0 atom stereocenters. The van der Waals surface area contributed by atoms with E-state index in [-0.39, 0.29) is 22.9 Å². The Bertz CT molecular complexity index is 1200. The second-order valence-electron chi connectivity index (χ2n) is 6.86. The summed E-state index contributed by atoms with van der Waals surface area (Å²) in [4.78, 5) is 25.6. The minimum atomic E-state index is -0.434. The molecular weight excluding hydrogens is 411 g/mol. The van der Waals surface area contributed by atoms with Crippen molar-refractivity contribution in [3.8, 4) is 11.1 Å². The van der Waals surface area contributed by atoms with Crippen molar-refractivity contribution in [2.45, 2.75) is 6.54 Å². The normalized spacial score (nSPS) is 10.5. The summed E-state index contributed by atoms with van der Waals surface area (Å²) in [6.07, 6.45) is 0. The first kappa shape index (κ1) is 20.5. The number of benzene rings is 3. The molecule has 0 radical (unpaired) electrons. The van der Waals surface area contributed by atoms with Gasteiger partial charge in [-0.05, 0) is 69.9 Å². The predicted octanol–water partition coefficient (Wildman–Crippen LogP) is 5.74. The average molecular weight is 431 g/mol. The summed E-state index contributed by atoms with van der Waals surface area (Å²) < 4.78 is 13.1. The van der Waals surface area contributed by atoms with Gasteiger partial charge in [-0.15, -0.1) is 0 Å². The summed E-state index contributed by atoms with van der Waals surface area (Å²) >= 11 is 1.62. The molecule has 0 fully saturated rings. The van der Waals surface area contributed by atoms with E-state index < -0.39 is 5.91 Å². The van der Waals surface area contributed by atoms with E-state index in [1.807, 2.05) is 35.7 Å². The van der Waals surface area contributed by atoms with Gasteiger partial charge in [-0.25, -0.2) is 4.39 Å². The maximum atomic E-state index is 13.1. The van der Waals surface area contributed by atoms with Crippen molar-refractivity contribution in [1.82, 2.24) is 5.32 Å². The van der Waals surface area contributed by atoms with Crippen molar-refractivity contribution in [3.63, 3.8) is 0 Å². The molecular formula is C25H19FN2O2S. The van der Waals surface area contributed by atoms with Crippen molar-refractivity contribution >= 4 is 28.8 Å². The molecule has 6 heteroatoms. The van der Waals surface area contributed by atoms with Crippen LogP contribution in [0.3, 0.4) is 0 Å². The summed E-state index contributed by atoms with van der Waals surface area (Å²) in [5, 5.41) is 9.70. The number of amides is 2. The molecule has 0 saturated heterocycles. The lowest BCUT2D eigenvalue weighted by Crippen LogP contribution is -2.26. The van der Waals surface area contributed by atoms with Crippen molar-refractivity contribution in [2.75, 3.05) is 5.32 Å². The zero-order valence-corrected chi connectivity index (χ0v) is 17.3. The Hall–Kier alpha value is -3.77. The van der Waals surface area contributed by atoms with Crippen LogP contribution in [0.1, 0.15) is 26.3 Å². The molecule has 3 aromatic carbocycles. The van der Waals surface area contributed by atoms with Gasteiger partial charge in [-0.1, -0.05) is 36.4 Å². The van der Waals surface area contributed by atoms with E-state index in [1.54, 1.807) is 35.6 Å². The zero-order valence-electron chi connectivity index (χ0n) is 16.5. The number of hydrogen-bond acceptors (Lipinski definition) is 3. The smallest absolute Gasteiger partial charge is 0.256 e. The number of carbonyl (C=O) groups excluding carboxylic acids is 2. The van der Waals surface area contributed by atoms with Crippen LogP contribution < -0.4 is 10.6 Å². The van der Waals surface area contributed by atoms with Gasteiger partial charge in [0.2, 0.25) is 0 Å². The molecule has 0 aliphatic carbocycles. The first-order chi connectivity index (χ1) is 15.1. The third-order valence-corrected chi connectivity index (χ3v) is 5.49. The quantitative estimate of drug-likeness (QED) is 0.410. The van der Waals surface area contributed by atoms with E-state index in [4.69, 9.17) is 0 Å². The fourth-order valence-electron chi connectivity index (χ4n) is 3.26. The van der Waals surface area contributed by atoms with E-state index in [0.717, 1.165) is 16.7 Å². The molecule has 0 unspecified atom stereocenters. The number of hydrogen-bond donors (Lipinski definition) is 2. The maximum Gasteiger partial charge on any atom is 0.256 e. The highest BCUT2D eigenvalue weighted by Crippen LogP contribution is 2.26. The van der Waals surface area contributed by atoms with Crippen molar-refractivity contribution in [3.05, 3.63) is 112 Å². The largest absolute Gasteiger partial charge is 0.348 e.